The van der Waals surface area contributed by atoms with Gasteiger partial charge in [-0.05, 0) is 19.3 Å². The number of hydrogen-bond acceptors (Lipinski definition) is 4. The van der Waals surface area contributed by atoms with Crippen molar-refractivity contribution in [2.75, 3.05) is 33.4 Å². The second-order valence-corrected chi connectivity index (χ2v) is 4.68. The lowest BCUT2D eigenvalue weighted by Crippen LogP contribution is -2.47. The quantitative estimate of drug-likeness (QED) is 0.741. The Morgan fingerprint density at radius 1 is 1.42 bits per heavy atom. The summed E-state index contributed by atoms with van der Waals surface area (Å²) in [6.07, 6.45) is 2.41. The van der Waals surface area contributed by atoms with Crippen molar-refractivity contribution in [3.8, 4) is 0 Å². The van der Waals surface area contributed by atoms with Gasteiger partial charge in [0.15, 0.2) is 0 Å². The summed E-state index contributed by atoms with van der Waals surface area (Å²) in [7, 11) is 1.55. The average Bonchev–Trinajstić information content (AvgIpc) is 2.42. The molecule has 6 nitrogen and oxygen atoms in total. The second kappa shape index (κ2) is 7.13. The van der Waals surface area contributed by atoms with E-state index >= 15 is 0 Å². The number of hydrogen-bond donors (Lipinski definition) is 1. The third-order valence-corrected chi connectivity index (χ3v) is 3.54. The molecule has 0 aromatic carbocycles. The molecule has 108 valence electrons. The number of amides is 1. The number of piperidine rings is 1. The van der Waals surface area contributed by atoms with Crippen LogP contribution in [0, 0.1) is 5.41 Å². The third kappa shape index (κ3) is 3.96. The Labute approximate surface area is 113 Å². The molecule has 0 bridgehead atoms. The van der Waals surface area contributed by atoms with E-state index < -0.39 is 17.5 Å². The van der Waals surface area contributed by atoms with Crippen LogP contribution in [0.1, 0.15) is 19.3 Å². The van der Waals surface area contributed by atoms with Gasteiger partial charge in [0, 0.05) is 26.8 Å². The number of aliphatic carboxylic acids is 1. The smallest absolute Gasteiger partial charge is 0.410 e. The minimum atomic E-state index is -0.816. The normalized spacial score (nSPS) is 17.8. The number of carbonyl (C=O) groups is 2. The molecular weight excluding hydrogens is 250 g/mol. The first-order valence-corrected chi connectivity index (χ1v) is 6.30. The van der Waals surface area contributed by atoms with Gasteiger partial charge >= 0.3 is 12.1 Å². The van der Waals surface area contributed by atoms with Crippen molar-refractivity contribution in [3.63, 3.8) is 0 Å². The fourth-order valence-electron chi connectivity index (χ4n) is 2.21. The molecule has 0 aromatic heterocycles. The molecule has 0 unspecified atom stereocenters. The molecule has 19 heavy (non-hydrogen) atoms. The number of ether oxygens (including phenoxy) is 2. The number of carbonyl (C=O) groups excluding carboxylic acids is 1. The van der Waals surface area contributed by atoms with Crippen LogP contribution in [0.25, 0.3) is 0 Å². The predicted octanol–water partition coefficient (Wildman–Crippen LogP) is 1.51. The summed E-state index contributed by atoms with van der Waals surface area (Å²) in [5.41, 5.74) is -0.786. The van der Waals surface area contributed by atoms with E-state index in [0.29, 0.717) is 39.0 Å². The minimum absolute atomic E-state index is 0.170. The highest BCUT2D eigenvalue weighted by atomic mass is 16.6. The molecule has 1 N–H and O–H groups in total. The summed E-state index contributed by atoms with van der Waals surface area (Å²) in [6, 6.07) is 0. The fraction of sp³-hybridized carbons (Fsp3) is 0.692. The van der Waals surface area contributed by atoms with Crippen LogP contribution in [-0.4, -0.2) is 55.5 Å². The van der Waals surface area contributed by atoms with E-state index in [2.05, 4.69) is 6.58 Å². The lowest BCUT2D eigenvalue weighted by Gasteiger charge is -2.38. The van der Waals surface area contributed by atoms with E-state index in [4.69, 9.17) is 9.47 Å². The summed E-state index contributed by atoms with van der Waals surface area (Å²) in [4.78, 5) is 24.6. The minimum Gasteiger partial charge on any atom is -0.481 e. The van der Waals surface area contributed by atoms with Gasteiger partial charge in [0.25, 0.3) is 0 Å². The summed E-state index contributed by atoms with van der Waals surface area (Å²) in [5.74, 6) is -0.816. The maximum absolute atomic E-state index is 11.6. The largest absolute Gasteiger partial charge is 0.481 e. The van der Waals surface area contributed by atoms with Crippen LogP contribution in [0.15, 0.2) is 12.7 Å². The van der Waals surface area contributed by atoms with Gasteiger partial charge in [-0.2, -0.15) is 0 Å². The lowest BCUT2D eigenvalue weighted by molar-refractivity contribution is -0.153. The Morgan fingerprint density at radius 3 is 2.53 bits per heavy atom. The van der Waals surface area contributed by atoms with Gasteiger partial charge in [-0.1, -0.05) is 12.7 Å². The van der Waals surface area contributed by atoms with Crippen LogP contribution in [0.4, 0.5) is 4.79 Å². The molecule has 1 aliphatic rings. The zero-order valence-corrected chi connectivity index (χ0v) is 11.3. The van der Waals surface area contributed by atoms with Gasteiger partial charge in [0.2, 0.25) is 0 Å². The Hall–Kier alpha value is -1.56. The Kier molecular flexibility index (Phi) is 5.82. The summed E-state index contributed by atoms with van der Waals surface area (Å²) < 4.78 is 9.90. The number of methoxy groups -OCH3 is 1. The maximum Gasteiger partial charge on any atom is 0.410 e. The predicted molar refractivity (Wildman–Crippen MR) is 68.9 cm³/mol. The highest BCUT2D eigenvalue weighted by Gasteiger charge is 2.42. The SMILES string of the molecule is C=CCOC(=O)N1CCC(CCOC)(C(=O)O)CC1. The van der Waals surface area contributed by atoms with E-state index in [1.165, 1.54) is 11.0 Å². The van der Waals surface area contributed by atoms with Crippen LogP contribution in [0.3, 0.4) is 0 Å². The van der Waals surface area contributed by atoms with Gasteiger partial charge in [-0.3, -0.25) is 4.79 Å². The molecule has 1 fully saturated rings. The molecule has 1 rings (SSSR count). The highest BCUT2D eigenvalue weighted by molar-refractivity contribution is 5.75. The number of likely N-dealkylation sites (tertiary alicyclic amines) is 1. The summed E-state index contributed by atoms with van der Waals surface area (Å²) >= 11 is 0. The van der Waals surface area contributed by atoms with E-state index in [9.17, 15) is 14.7 Å². The Balaban J connectivity index is 2.55. The van der Waals surface area contributed by atoms with E-state index in [0.717, 1.165) is 0 Å². The van der Waals surface area contributed by atoms with E-state index in [1.54, 1.807) is 7.11 Å². The molecule has 0 spiro atoms. The number of nitrogens with zero attached hydrogens (tertiary/aromatic N) is 1. The van der Waals surface area contributed by atoms with Crippen LogP contribution >= 0.6 is 0 Å². The first-order chi connectivity index (χ1) is 9.05. The van der Waals surface area contributed by atoms with Crippen LogP contribution in [0.2, 0.25) is 0 Å². The standard InChI is InChI=1S/C13H21NO5/c1-3-9-19-12(17)14-7-4-13(5-8-14,11(15)16)6-10-18-2/h3H,1,4-10H2,2H3,(H,15,16). The van der Waals surface area contributed by atoms with Gasteiger partial charge in [-0.15, -0.1) is 0 Å². The number of rotatable bonds is 6. The molecule has 0 aromatic rings. The summed E-state index contributed by atoms with van der Waals surface area (Å²) in [6.45, 7) is 4.84. The lowest BCUT2D eigenvalue weighted by atomic mass is 9.76. The topological polar surface area (TPSA) is 76.1 Å². The van der Waals surface area contributed by atoms with Crippen molar-refractivity contribution in [2.24, 2.45) is 5.41 Å². The molecule has 0 radical (unpaired) electrons. The Bertz CT molecular complexity index is 334. The van der Waals surface area contributed by atoms with Crippen molar-refractivity contribution >= 4 is 12.1 Å². The fourth-order valence-corrected chi connectivity index (χ4v) is 2.21. The van der Waals surface area contributed by atoms with Crippen LogP contribution in [-0.2, 0) is 14.3 Å². The first kappa shape index (κ1) is 15.5. The zero-order valence-electron chi connectivity index (χ0n) is 11.3. The monoisotopic (exact) mass is 271 g/mol. The van der Waals surface area contributed by atoms with Gasteiger partial charge < -0.3 is 19.5 Å². The van der Waals surface area contributed by atoms with Crippen molar-refractivity contribution in [1.29, 1.82) is 0 Å². The van der Waals surface area contributed by atoms with Gasteiger partial charge in [0.05, 0.1) is 5.41 Å². The molecule has 0 saturated carbocycles. The second-order valence-electron chi connectivity index (χ2n) is 4.68. The summed E-state index contributed by atoms with van der Waals surface area (Å²) in [5, 5.41) is 9.38. The molecular formula is C13H21NO5. The number of carboxylic acid groups (broad SMARTS) is 1. The van der Waals surface area contributed by atoms with Gasteiger partial charge in [-0.25, -0.2) is 4.79 Å². The molecule has 1 heterocycles. The van der Waals surface area contributed by atoms with Gasteiger partial charge in [0.1, 0.15) is 6.61 Å². The maximum atomic E-state index is 11.6. The Morgan fingerprint density at radius 2 is 2.05 bits per heavy atom. The molecule has 1 amide bonds. The molecule has 0 atom stereocenters. The van der Waals surface area contributed by atoms with Crippen molar-refractivity contribution < 1.29 is 24.2 Å². The molecule has 1 saturated heterocycles. The zero-order chi connectivity index (χ0) is 14.3. The molecule has 6 heteroatoms. The molecule has 0 aliphatic carbocycles. The number of carboxylic acids is 1. The third-order valence-electron chi connectivity index (χ3n) is 3.54. The average molecular weight is 271 g/mol. The first-order valence-electron chi connectivity index (χ1n) is 6.30. The molecule has 1 aliphatic heterocycles. The van der Waals surface area contributed by atoms with Crippen molar-refractivity contribution in [2.45, 2.75) is 19.3 Å². The van der Waals surface area contributed by atoms with E-state index in [1.807, 2.05) is 0 Å². The van der Waals surface area contributed by atoms with Crippen molar-refractivity contribution in [3.05, 3.63) is 12.7 Å². The van der Waals surface area contributed by atoms with Crippen molar-refractivity contribution in [1.82, 2.24) is 4.90 Å². The van der Waals surface area contributed by atoms with Crippen LogP contribution < -0.4 is 0 Å². The highest BCUT2D eigenvalue weighted by Crippen LogP contribution is 2.35. The van der Waals surface area contributed by atoms with Crippen LogP contribution in [0.5, 0.6) is 0 Å². The van der Waals surface area contributed by atoms with E-state index in [-0.39, 0.29) is 6.61 Å².